The van der Waals surface area contributed by atoms with Crippen molar-refractivity contribution in [2.45, 2.75) is 39.7 Å². The summed E-state index contributed by atoms with van der Waals surface area (Å²) < 4.78 is 5.19. The van der Waals surface area contributed by atoms with Crippen LogP contribution in [0.1, 0.15) is 43.7 Å². The average Bonchev–Trinajstić information content (AvgIpc) is 2.80. The molecule has 1 heterocycles. The summed E-state index contributed by atoms with van der Waals surface area (Å²) >= 11 is 1.88. The third-order valence-corrected chi connectivity index (χ3v) is 4.26. The van der Waals surface area contributed by atoms with Gasteiger partial charge in [0.15, 0.2) is 0 Å². The number of thiophene rings is 1. The maximum absolute atomic E-state index is 5.19. The van der Waals surface area contributed by atoms with Crippen molar-refractivity contribution in [3.63, 3.8) is 0 Å². The van der Waals surface area contributed by atoms with Crippen LogP contribution in [0.4, 0.5) is 0 Å². The van der Waals surface area contributed by atoms with Crippen molar-refractivity contribution in [2.24, 2.45) is 5.92 Å². The Balaban J connectivity index is 2.77. The molecule has 3 heteroatoms. The summed E-state index contributed by atoms with van der Waals surface area (Å²) in [6.07, 6.45) is 2.23. The van der Waals surface area contributed by atoms with Crippen LogP contribution in [0, 0.1) is 5.92 Å². The molecule has 0 aliphatic rings. The SMILES string of the molecule is CCNC(c1sccc1CC)C(C)CCOC. The average molecular weight is 255 g/mol. The molecule has 1 N–H and O–H groups in total. The first kappa shape index (κ1) is 14.7. The molecule has 0 bridgehead atoms. The largest absolute Gasteiger partial charge is 0.385 e. The zero-order valence-corrected chi connectivity index (χ0v) is 12.3. The Morgan fingerprint density at radius 3 is 2.76 bits per heavy atom. The number of rotatable bonds is 8. The molecule has 0 aliphatic heterocycles. The van der Waals surface area contributed by atoms with Gasteiger partial charge in [-0.1, -0.05) is 20.8 Å². The molecular formula is C14H25NOS. The third-order valence-electron chi connectivity index (χ3n) is 3.21. The lowest BCUT2D eigenvalue weighted by molar-refractivity contribution is 0.171. The molecule has 2 nitrogen and oxygen atoms in total. The molecule has 1 aromatic rings. The second-order valence-corrected chi connectivity index (χ2v) is 5.41. The number of hydrogen-bond acceptors (Lipinski definition) is 3. The summed E-state index contributed by atoms with van der Waals surface area (Å²) in [7, 11) is 1.78. The molecule has 0 amide bonds. The highest BCUT2D eigenvalue weighted by atomic mass is 32.1. The van der Waals surface area contributed by atoms with Gasteiger partial charge >= 0.3 is 0 Å². The lowest BCUT2D eigenvalue weighted by Gasteiger charge is -2.25. The molecule has 0 saturated carbocycles. The van der Waals surface area contributed by atoms with E-state index >= 15 is 0 Å². The summed E-state index contributed by atoms with van der Waals surface area (Å²) in [5.41, 5.74) is 1.49. The van der Waals surface area contributed by atoms with Crippen molar-refractivity contribution in [1.29, 1.82) is 0 Å². The Kier molecular flexibility index (Phi) is 6.78. The van der Waals surface area contributed by atoms with Gasteiger partial charge in [0.1, 0.15) is 0 Å². The van der Waals surface area contributed by atoms with E-state index in [1.165, 1.54) is 10.4 Å². The Bertz CT molecular complexity index is 311. The number of ether oxygens (including phenoxy) is 1. The normalized spacial score (nSPS) is 14.8. The quantitative estimate of drug-likeness (QED) is 0.766. The number of methoxy groups -OCH3 is 1. The molecule has 0 fully saturated rings. The number of aryl methyl sites for hydroxylation is 1. The maximum atomic E-state index is 5.19. The van der Waals surface area contributed by atoms with Crippen molar-refractivity contribution in [2.75, 3.05) is 20.3 Å². The van der Waals surface area contributed by atoms with Crippen LogP contribution in [-0.2, 0) is 11.2 Å². The highest BCUT2D eigenvalue weighted by Gasteiger charge is 2.21. The van der Waals surface area contributed by atoms with Crippen LogP contribution in [0.25, 0.3) is 0 Å². The van der Waals surface area contributed by atoms with Crippen molar-refractivity contribution < 1.29 is 4.74 Å². The van der Waals surface area contributed by atoms with Gasteiger partial charge in [-0.2, -0.15) is 0 Å². The van der Waals surface area contributed by atoms with Gasteiger partial charge in [-0.25, -0.2) is 0 Å². The lowest BCUT2D eigenvalue weighted by Crippen LogP contribution is -2.27. The van der Waals surface area contributed by atoms with Gasteiger partial charge in [-0.3, -0.25) is 0 Å². The molecule has 0 aliphatic carbocycles. The Morgan fingerprint density at radius 2 is 2.18 bits per heavy atom. The lowest BCUT2D eigenvalue weighted by atomic mass is 9.94. The van der Waals surface area contributed by atoms with E-state index in [1.54, 1.807) is 7.11 Å². The molecule has 0 radical (unpaired) electrons. The van der Waals surface area contributed by atoms with E-state index in [2.05, 4.69) is 37.5 Å². The van der Waals surface area contributed by atoms with E-state index in [4.69, 9.17) is 4.74 Å². The van der Waals surface area contributed by atoms with Gasteiger partial charge in [-0.05, 0) is 42.3 Å². The first-order chi connectivity index (χ1) is 8.24. The molecule has 2 unspecified atom stereocenters. The predicted molar refractivity (Wildman–Crippen MR) is 75.8 cm³/mol. The molecule has 0 aromatic carbocycles. The van der Waals surface area contributed by atoms with E-state index in [1.807, 2.05) is 11.3 Å². The summed E-state index contributed by atoms with van der Waals surface area (Å²) in [5, 5.41) is 5.83. The molecule has 1 rings (SSSR count). The summed E-state index contributed by atoms with van der Waals surface area (Å²) in [6, 6.07) is 2.73. The van der Waals surface area contributed by atoms with Crippen LogP contribution in [0.5, 0.6) is 0 Å². The second kappa shape index (κ2) is 7.85. The van der Waals surface area contributed by atoms with Gasteiger partial charge in [0.2, 0.25) is 0 Å². The molecule has 17 heavy (non-hydrogen) atoms. The highest BCUT2D eigenvalue weighted by Crippen LogP contribution is 2.31. The molecule has 0 saturated heterocycles. The highest BCUT2D eigenvalue weighted by molar-refractivity contribution is 7.10. The van der Waals surface area contributed by atoms with Gasteiger partial charge in [0, 0.05) is 24.6 Å². The maximum Gasteiger partial charge on any atom is 0.0465 e. The molecule has 2 atom stereocenters. The second-order valence-electron chi connectivity index (χ2n) is 4.46. The Morgan fingerprint density at radius 1 is 1.41 bits per heavy atom. The Hall–Kier alpha value is -0.380. The van der Waals surface area contributed by atoms with Gasteiger partial charge in [0.05, 0.1) is 0 Å². The van der Waals surface area contributed by atoms with Crippen LogP contribution in [0.3, 0.4) is 0 Å². The van der Waals surface area contributed by atoms with E-state index in [0.717, 1.165) is 26.0 Å². The topological polar surface area (TPSA) is 21.3 Å². The summed E-state index contributed by atoms with van der Waals surface area (Å²) in [6.45, 7) is 8.58. The molecule has 0 spiro atoms. The van der Waals surface area contributed by atoms with E-state index in [9.17, 15) is 0 Å². The van der Waals surface area contributed by atoms with Crippen LogP contribution < -0.4 is 5.32 Å². The monoisotopic (exact) mass is 255 g/mol. The zero-order chi connectivity index (χ0) is 12.7. The Labute approximate surface area is 109 Å². The first-order valence-corrected chi connectivity index (χ1v) is 7.41. The van der Waals surface area contributed by atoms with Crippen LogP contribution in [-0.4, -0.2) is 20.3 Å². The number of hydrogen-bond donors (Lipinski definition) is 1. The van der Waals surface area contributed by atoms with Crippen molar-refractivity contribution in [3.8, 4) is 0 Å². The standard InChI is InChI=1S/C14H25NOS/c1-5-12-8-10-17-14(12)13(15-6-2)11(3)7-9-16-4/h8,10-11,13,15H,5-7,9H2,1-4H3. The fraction of sp³-hybridized carbons (Fsp3) is 0.714. The minimum atomic E-state index is 0.477. The third kappa shape index (κ3) is 4.09. The predicted octanol–water partition coefficient (Wildman–Crippen LogP) is 3.63. The van der Waals surface area contributed by atoms with Crippen molar-refractivity contribution >= 4 is 11.3 Å². The number of nitrogens with one attached hydrogen (secondary N) is 1. The minimum Gasteiger partial charge on any atom is -0.385 e. The molecule has 98 valence electrons. The molecule has 1 aromatic heterocycles. The van der Waals surface area contributed by atoms with Crippen LogP contribution >= 0.6 is 11.3 Å². The van der Waals surface area contributed by atoms with E-state index in [0.29, 0.717) is 12.0 Å². The summed E-state index contributed by atoms with van der Waals surface area (Å²) in [5.74, 6) is 0.610. The summed E-state index contributed by atoms with van der Waals surface area (Å²) in [4.78, 5) is 1.51. The van der Waals surface area contributed by atoms with Crippen molar-refractivity contribution in [3.05, 3.63) is 21.9 Å². The fourth-order valence-corrected chi connectivity index (χ4v) is 3.36. The van der Waals surface area contributed by atoms with Gasteiger partial charge in [-0.15, -0.1) is 11.3 Å². The van der Waals surface area contributed by atoms with Crippen LogP contribution in [0.2, 0.25) is 0 Å². The minimum absolute atomic E-state index is 0.477. The van der Waals surface area contributed by atoms with Gasteiger partial charge in [0.25, 0.3) is 0 Å². The zero-order valence-electron chi connectivity index (χ0n) is 11.5. The van der Waals surface area contributed by atoms with Crippen molar-refractivity contribution in [1.82, 2.24) is 5.32 Å². The fourth-order valence-electron chi connectivity index (χ4n) is 2.16. The smallest absolute Gasteiger partial charge is 0.0465 e. The molecular weight excluding hydrogens is 230 g/mol. The van der Waals surface area contributed by atoms with E-state index in [-0.39, 0.29) is 0 Å². The van der Waals surface area contributed by atoms with Crippen LogP contribution in [0.15, 0.2) is 11.4 Å². The van der Waals surface area contributed by atoms with Gasteiger partial charge < -0.3 is 10.1 Å². The van der Waals surface area contributed by atoms with E-state index < -0.39 is 0 Å². The first-order valence-electron chi connectivity index (χ1n) is 6.53.